The average molecular weight is 371 g/mol. The summed E-state index contributed by atoms with van der Waals surface area (Å²) < 4.78 is 3.82. The molecule has 3 heterocycles. The molecule has 9 nitrogen and oxygen atoms in total. The van der Waals surface area contributed by atoms with E-state index >= 15 is 0 Å². The highest BCUT2D eigenvalue weighted by atomic mass is 35.5. The van der Waals surface area contributed by atoms with Crippen molar-refractivity contribution in [2.75, 3.05) is 19.6 Å². The van der Waals surface area contributed by atoms with Crippen molar-refractivity contribution in [3.8, 4) is 0 Å². The highest BCUT2D eigenvalue weighted by molar-refractivity contribution is 5.85. The van der Waals surface area contributed by atoms with E-state index in [0.29, 0.717) is 30.8 Å². The first kappa shape index (κ1) is 19.2. The number of carbonyl (C=O) groups is 1. The number of nitrogens with two attached hydrogens (primary N) is 1. The first-order chi connectivity index (χ1) is 11.3. The molecule has 0 radical (unpaired) electrons. The summed E-state index contributed by atoms with van der Waals surface area (Å²) in [5.74, 6) is -0.243. The Morgan fingerprint density at radius 1 is 1.36 bits per heavy atom. The topological polar surface area (TPSA) is 108 Å². The molecule has 2 aromatic rings. The molecule has 0 aliphatic carbocycles. The smallest absolute Gasteiger partial charge is 0.332 e. The second-order valence-electron chi connectivity index (χ2n) is 6.84. The lowest BCUT2D eigenvalue weighted by Crippen LogP contribution is -2.44. The lowest BCUT2D eigenvalue weighted by molar-refractivity contribution is -0.131. The number of aryl methyl sites for hydroxylation is 2. The highest BCUT2D eigenvalue weighted by Crippen LogP contribution is 2.28. The first-order valence-corrected chi connectivity index (χ1v) is 7.86. The van der Waals surface area contributed by atoms with Crippen LogP contribution in [-0.4, -0.2) is 49.1 Å². The van der Waals surface area contributed by atoms with Crippen LogP contribution in [0.25, 0.3) is 11.2 Å². The van der Waals surface area contributed by atoms with E-state index in [2.05, 4.69) is 4.98 Å². The largest absolute Gasteiger partial charge is 0.341 e. The normalized spacial score (nSPS) is 20.1. The van der Waals surface area contributed by atoms with Crippen molar-refractivity contribution in [2.24, 2.45) is 25.2 Å². The third kappa shape index (κ3) is 3.09. The summed E-state index contributed by atoms with van der Waals surface area (Å²) in [5, 5.41) is 0. The Morgan fingerprint density at radius 3 is 2.64 bits per heavy atom. The number of amides is 1. The fourth-order valence-corrected chi connectivity index (χ4v) is 3.17. The number of hydrogen-bond donors (Lipinski definition) is 1. The van der Waals surface area contributed by atoms with Crippen LogP contribution >= 0.6 is 12.4 Å². The predicted molar refractivity (Wildman–Crippen MR) is 95.8 cm³/mol. The van der Waals surface area contributed by atoms with Crippen molar-refractivity contribution in [3.05, 3.63) is 27.2 Å². The zero-order chi connectivity index (χ0) is 17.6. The van der Waals surface area contributed by atoms with Crippen LogP contribution in [0.5, 0.6) is 0 Å². The van der Waals surface area contributed by atoms with Gasteiger partial charge in [0.25, 0.3) is 5.56 Å². The minimum atomic E-state index is -0.541. The Kier molecular flexibility index (Phi) is 5.10. The fourth-order valence-electron chi connectivity index (χ4n) is 3.17. The zero-order valence-corrected chi connectivity index (χ0v) is 15.4. The minimum Gasteiger partial charge on any atom is -0.341 e. The molecule has 0 bridgehead atoms. The van der Waals surface area contributed by atoms with Gasteiger partial charge in [-0.15, -0.1) is 12.4 Å². The maximum atomic E-state index is 12.6. The molecule has 0 spiro atoms. The monoisotopic (exact) mass is 370 g/mol. The fraction of sp³-hybridized carbons (Fsp3) is 0.600. The summed E-state index contributed by atoms with van der Waals surface area (Å²) in [7, 11) is 3.22. The minimum absolute atomic E-state index is 0. The SMILES string of the molecule is Cl.Cn1cnc2c1c(=O)n(CC(=O)N1CCC(C)(CN)C1)c(=O)n2C. The van der Waals surface area contributed by atoms with Crippen molar-refractivity contribution >= 4 is 29.5 Å². The van der Waals surface area contributed by atoms with Gasteiger partial charge in [-0.3, -0.25) is 14.2 Å². The van der Waals surface area contributed by atoms with Gasteiger partial charge in [0.15, 0.2) is 11.2 Å². The van der Waals surface area contributed by atoms with E-state index in [4.69, 9.17) is 5.73 Å². The molecule has 3 rings (SSSR count). The number of rotatable bonds is 3. The molecule has 1 fully saturated rings. The Morgan fingerprint density at radius 2 is 2.04 bits per heavy atom. The molecule has 1 unspecified atom stereocenters. The van der Waals surface area contributed by atoms with E-state index in [1.54, 1.807) is 23.6 Å². The number of hydrogen-bond acceptors (Lipinski definition) is 5. The Bertz CT molecular complexity index is 930. The lowest BCUT2D eigenvalue weighted by Gasteiger charge is -2.22. The molecule has 10 heteroatoms. The summed E-state index contributed by atoms with van der Waals surface area (Å²) in [6, 6.07) is 0. The van der Waals surface area contributed by atoms with E-state index in [1.165, 1.54) is 10.9 Å². The molecular formula is C15H23ClN6O3. The van der Waals surface area contributed by atoms with E-state index in [1.807, 2.05) is 6.92 Å². The van der Waals surface area contributed by atoms with Crippen molar-refractivity contribution in [1.82, 2.24) is 23.6 Å². The summed E-state index contributed by atoms with van der Waals surface area (Å²) in [4.78, 5) is 43.3. The Labute approximate surface area is 150 Å². The number of likely N-dealkylation sites (tertiary alicyclic amines) is 1. The summed E-state index contributed by atoms with van der Waals surface area (Å²) in [6.07, 6.45) is 2.30. The van der Waals surface area contributed by atoms with Crippen molar-refractivity contribution in [1.29, 1.82) is 0 Å². The number of aromatic nitrogens is 4. The van der Waals surface area contributed by atoms with Crippen molar-refractivity contribution < 1.29 is 4.79 Å². The van der Waals surface area contributed by atoms with Crippen LogP contribution in [0, 0.1) is 5.41 Å². The summed E-state index contributed by atoms with van der Waals surface area (Å²) in [5.41, 5.74) is 5.24. The third-order valence-electron chi connectivity index (χ3n) is 4.90. The van der Waals surface area contributed by atoms with Gasteiger partial charge in [-0.05, 0) is 18.4 Å². The maximum Gasteiger partial charge on any atom is 0.332 e. The van der Waals surface area contributed by atoms with Crippen molar-refractivity contribution in [2.45, 2.75) is 19.9 Å². The molecule has 1 aliphatic rings. The number of imidazole rings is 1. The molecule has 2 aromatic heterocycles. The first-order valence-electron chi connectivity index (χ1n) is 7.86. The lowest BCUT2D eigenvalue weighted by atomic mass is 9.90. The van der Waals surface area contributed by atoms with E-state index in [0.717, 1.165) is 11.0 Å². The summed E-state index contributed by atoms with van der Waals surface area (Å²) >= 11 is 0. The molecular weight excluding hydrogens is 348 g/mol. The number of halogens is 1. The zero-order valence-electron chi connectivity index (χ0n) is 14.6. The van der Waals surface area contributed by atoms with Crippen LogP contribution in [0.3, 0.4) is 0 Å². The van der Waals surface area contributed by atoms with E-state index in [9.17, 15) is 14.4 Å². The third-order valence-corrected chi connectivity index (χ3v) is 4.90. The van der Waals surface area contributed by atoms with Crippen LogP contribution in [0.15, 0.2) is 15.9 Å². The van der Waals surface area contributed by atoms with Crippen molar-refractivity contribution in [3.63, 3.8) is 0 Å². The van der Waals surface area contributed by atoms with E-state index < -0.39 is 11.2 Å². The van der Waals surface area contributed by atoms with Gasteiger partial charge in [-0.1, -0.05) is 6.92 Å². The van der Waals surface area contributed by atoms with Gasteiger partial charge in [0.2, 0.25) is 5.91 Å². The van der Waals surface area contributed by atoms with Gasteiger partial charge in [-0.25, -0.2) is 14.3 Å². The van der Waals surface area contributed by atoms with Crippen LogP contribution in [0.4, 0.5) is 0 Å². The molecule has 2 N–H and O–H groups in total. The molecule has 25 heavy (non-hydrogen) atoms. The Balaban J connectivity index is 0.00000225. The summed E-state index contributed by atoms with van der Waals surface area (Å²) in [6.45, 7) is 3.40. The molecule has 1 amide bonds. The highest BCUT2D eigenvalue weighted by Gasteiger charge is 2.35. The molecule has 138 valence electrons. The molecule has 0 saturated carbocycles. The number of nitrogens with zero attached hydrogens (tertiary/aromatic N) is 5. The van der Waals surface area contributed by atoms with Gasteiger partial charge >= 0.3 is 5.69 Å². The van der Waals surface area contributed by atoms with Gasteiger partial charge in [0.05, 0.1) is 6.33 Å². The second-order valence-corrected chi connectivity index (χ2v) is 6.84. The maximum absolute atomic E-state index is 12.6. The predicted octanol–water partition coefficient (Wildman–Crippen LogP) is -0.947. The molecule has 1 atom stereocenters. The van der Waals surface area contributed by atoms with E-state index in [-0.39, 0.29) is 30.3 Å². The number of carbonyl (C=O) groups excluding carboxylic acids is 1. The Hall–Kier alpha value is -2.13. The van der Waals surface area contributed by atoms with Gasteiger partial charge in [0, 0.05) is 27.2 Å². The van der Waals surface area contributed by atoms with Gasteiger partial charge in [0.1, 0.15) is 6.54 Å². The van der Waals surface area contributed by atoms with Crippen LogP contribution in [-0.2, 0) is 25.4 Å². The second kappa shape index (κ2) is 6.64. The van der Waals surface area contributed by atoms with Gasteiger partial charge < -0.3 is 15.2 Å². The van der Waals surface area contributed by atoms with Crippen LogP contribution in [0.1, 0.15) is 13.3 Å². The quantitative estimate of drug-likeness (QED) is 0.749. The molecule has 1 saturated heterocycles. The molecule has 1 aliphatic heterocycles. The average Bonchev–Trinajstić information content (AvgIpc) is 3.13. The number of fused-ring (bicyclic) bond motifs is 1. The van der Waals surface area contributed by atoms with Crippen LogP contribution in [0.2, 0.25) is 0 Å². The molecule has 0 aromatic carbocycles. The van der Waals surface area contributed by atoms with Gasteiger partial charge in [-0.2, -0.15) is 0 Å². The van der Waals surface area contributed by atoms with Crippen LogP contribution < -0.4 is 17.0 Å². The standard InChI is InChI=1S/C15H22N6O3.ClH/c1-15(7-16)4-5-20(8-15)10(22)6-21-13(23)11-12(17-9-18(11)2)19(3)14(21)24;/h9H,4-8,16H2,1-3H3;1H.